The molecule has 7 rings (SSSR count). The molecule has 5 aromatic rings. The number of nitrogens with one attached hydrogen (secondary N) is 1. The molecular weight excluding hydrogens is 780 g/mol. The quantitative estimate of drug-likeness (QED) is 0.0856. The van der Waals surface area contributed by atoms with E-state index in [2.05, 4.69) is 71.3 Å². The van der Waals surface area contributed by atoms with Gasteiger partial charge in [-0.3, -0.25) is 5.32 Å². The summed E-state index contributed by atoms with van der Waals surface area (Å²) < 4.78 is 209. The third kappa shape index (κ3) is 7.12. The Morgan fingerprint density at radius 2 is 0.732 bits per heavy atom. The fourth-order valence-electron chi connectivity index (χ4n) is 7.66. The molecule has 5 aromatic carbocycles. The Morgan fingerprint density at radius 3 is 1.11 bits per heavy atom. The van der Waals surface area contributed by atoms with E-state index in [0.29, 0.717) is 18.1 Å². The van der Waals surface area contributed by atoms with Crippen molar-refractivity contribution < 1.29 is 71.2 Å². The molecule has 0 amide bonds. The molecule has 1 aliphatic heterocycles. The molecule has 3 N–H and O–H groups in total. The Labute approximate surface area is 308 Å². The van der Waals surface area contributed by atoms with Gasteiger partial charge in [0, 0.05) is 12.0 Å². The summed E-state index contributed by atoms with van der Waals surface area (Å²) in [6.45, 7) is -5.16. The van der Waals surface area contributed by atoms with E-state index < -0.39 is 110 Å². The molecule has 1 heterocycles. The van der Waals surface area contributed by atoms with Crippen LogP contribution < -0.4 is 27.0 Å². The van der Waals surface area contributed by atoms with E-state index in [4.69, 9.17) is 0 Å². The SMILES string of the molecule is Fc1c(F)c(F)c([BH-](c2c(F)c(F)c(F)c(F)c2F)c2c(F)c(F)c(F)c(F)c2F)c(F)c1F.c1ccc([C@H]2N[C@H]3CCCC[C@H]3[NH2+][C@@H]2c2ccccc2)cc1. The van der Waals surface area contributed by atoms with Crippen molar-refractivity contribution in [2.75, 3.05) is 0 Å². The highest BCUT2D eigenvalue weighted by Crippen LogP contribution is 2.32. The lowest BCUT2D eigenvalue weighted by Crippen LogP contribution is -2.98. The molecular formula is C38H26BF15N2. The number of rotatable bonds is 5. The molecule has 1 saturated heterocycles. The highest BCUT2D eigenvalue weighted by molar-refractivity contribution is 6.95. The molecule has 56 heavy (non-hydrogen) atoms. The summed E-state index contributed by atoms with van der Waals surface area (Å²) in [5, 5.41) is 6.64. The second-order valence-corrected chi connectivity index (χ2v) is 13.4. The predicted octanol–water partition coefficient (Wildman–Crippen LogP) is 6.97. The van der Waals surface area contributed by atoms with Crippen molar-refractivity contribution in [1.29, 1.82) is 0 Å². The predicted molar refractivity (Wildman–Crippen MR) is 174 cm³/mol. The first kappa shape index (κ1) is 40.7. The van der Waals surface area contributed by atoms with Gasteiger partial charge in [-0.25, -0.2) is 65.9 Å². The van der Waals surface area contributed by atoms with Crippen LogP contribution >= 0.6 is 0 Å². The van der Waals surface area contributed by atoms with Crippen LogP contribution in [0.3, 0.4) is 0 Å². The fraction of sp³-hybridized carbons (Fsp3) is 0.211. The van der Waals surface area contributed by atoms with Gasteiger partial charge in [-0.2, -0.15) is 0 Å². The van der Waals surface area contributed by atoms with Gasteiger partial charge in [0.05, 0.1) is 18.8 Å². The standard InChI is InChI=1S/C20H24N2.C18HBF15/c1-3-9-15(10-4-1)19-20(16-11-5-2-6-12-16)22-18-14-8-7-13-17(18)21-19;20-4-1(5(21)11(27)16(32)10(4)26)19(2-6(22)12(28)17(33)13(29)7(2)23)3-8(24)14(30)18(34)15(31)9(3)25/h1-6,9-12,17-22H,7-8,13-14H2;19H/q;-1/p+1/t17-,18+,19-,20-;/m1./s1. The highest BCUT2D eigenvalue weighted by Gasteiger charge is 2.42. The molecule has 1 saturated carbocycles. The van der Waals surface area contributed by atoms with Crippen molar-refractivity contribution in [1.82, 2.24) is 5.32 Å². The van der Waals surface area contributed by atoms with E-state index in [1.54, 1.807) is 0 Å². The van der Waals surface area contributed by atoms with Gasteiger partial charge in [-0.15, -0.1) is 16.4 Å². The maximum absolute atomic E-state index is 14.4. The monoisotopic (exact) mass is 806 g/mol. The van der Waals surface area contributed by atoms with Gasteiger partial charge in [0.1, 0.15) is 47.0 Å². The van der Waals surface area contributed by atoms with Crippen LogP contribution in [-0.2, 0) is 0 Å². The first-order valence-electron chi connectivity index (χ1n) is 17.0. The third-order valence-corrected chi connectivity index (χ3v) is 10.3. The molecule has 2 aliphatic rings. The average Bonchev–Trinajstić information content (AvgIpc) is 3.22. The number of piperazine rings is 1. The molecule has 2 nitrogen and oxygen atoms in total. The van der Waals surface area contributed by atoms with Crippen molar-refractivity contribution in [2.45, 2.75) is 49.9 Å². The number of fused-ring (bicyclic) bond motifs is 1. The molecule has 0 spiro atoms. The minimum absolute atomic E-state index is 0.406. The first-order chi connectivity index (χ1) is 26.6. The second-order valence-electron chi connectivity index (χ2n) is 13.4. The van der Waals surface area contributed by atoms with E-state index in [1.807, 2.05) is 0 Å². The summed E-state index contributed by atoms with van der Waals surface area (Å²) in [7, 11) is 0. The van der Waals surface area contributed by atoms with Crippen LogP contribution in [0.2, 0.25) is 0 Å². The van der Waals surface area contributed by atoms with Crippen LogP contribution in [0.25, 0.3) is 0 Å². The van der Waals surface area contributed by atoms with Crippen molar-refractivity contribution in [3.8, 4) is 0 Å². The van der Waals surface area contributed by atoms with Gasteiger partial charge >= 0.3 is 0 Å². The molecule has 296 valence electrons. The topological polar surface area (TPSA) is 28.6 Å². The molecule has 0 aromatic heterocycles. The Morgan fingerprint density at radius 1 is 0.411 bits per heavy atom. The Kier molecular flexibility index (Phi) is 11.8. The highest BCUT2D eigenvalue weighted by atomic mass is 19.2. The van der Waals surface area contributed by atoms with Crippen LogP contribution in [0, 0.1) is 87.3 Å². The third-order valence-electron chi connectivity index (χ3n) is 10.3. The Hall–Kier alpha value is -4.97. The maximum Gasteiger partial charge on any atom is 0.200 e. The zero-order valence-electron chi connectivity index (χ0n) is 28.4. The van der Waals surface area contributed by atoms with E-state index in [-0.39, 0.29) is 0 Å². The normalized spacial score (nSPS) is 19.4. The Balaban J connectivity index is 0.000000207. The minimum atomic E-state index is -5.16. The van der Waals surface area contributed by atoms with Crippen LogP contribution in [0.5, 0.6) is 0 Å². The number of nitrogens with two attached hydrogens (primary N) is 1. The molecule has 4 atom stereocenters. The van der Waals surface area contributed by atoms with Crippen LogP contribution in [0.4, 0.5) is 65.9 Å². The van der Waals surface area contributed by atoms with Crippen molar-refractivity contribution in [3.05, 3.63) is 159 Å². The minimum Gasteiger partial charge on any atom is -0.335 e. The van der Waals surface area contributed by atoms with Gasteiger partial charge in [0.15, 0.2) is 52.4 Å². The molecule has 0 unspecified atom stereocenters. The first-order valence-corrected chi connectivity index (χ1v) is 17.0. The van der Waals surface area contributed by atoms with E-state index in [0.717, 1.165) is 6.04 Å². The summed E-state index contributed by atoms with van der Waals surface area (Å²) in [4.78, 5) is 0. The lowest BCUT2D eigenvalue weighted by Gasteiger charge is -2.43. The maximum atomic E-state index is 14.4. The second kappa shape index (κ2) is 16.3. The molecule has 0 bridgehead atoms. The van der Waals surface area contributed by atoms with Gasteiger partial charge in [-0.05, 0) is 18.4 Å². The van der Waals surface area contributed by atoms with E-state index >= 15 is 0 Å². The number of benzene rings is 5. The summed E-state index contributed by atoms with van der Waals surface area (Å²) in [5.74, 6) is -44.8. The molecule has 0 radical (unpaired) electrons. The van der Waals surface area contributed by atoms with Gasteiger partial charge in [-0.1, -0.05) is 67.1 Å². The summed E-state index contributed by atoms with van der Waals surface area (Å²) >= 11 is 0. The lowest BCUT2D eigenvalue weighted by atomic mass is 9.36. The van der Waals surface area contributed by atoms with Crippen LogP contribution in [0.1, 0.15) is 48.9 Å². The summed E-state index contributed by atoms with van der Waals surface area (Å²) in [6.07, 6.45) is 5.44. The summed E-state index contributed by atoms with van der Waals surface area (Å²) in [5.41, 5.74) is -4.93. The summed E-state index contributed by atoms with van der Waals surface area (Å²) in [6, 6.07) is 24.2. The number of halogens is 15. The van der Waals surface area contributed by atoms with E-state index in [9.17, 15) is 65.9 Å². The molecule has 2 fully saturated rings. The fourth-order valence-corrected chi connectivity index (χ4v) is 7.66. The molecule has 1 aliphatic carbocycles. The van der Waals surface area contributed by atoms with Gasteiger partial charge in [0.25, 0.3) is 0 Å². The largest absolute Gasteiger partial charge is 0.335 e. The lowest BCUT2D eigenvalue weighted by molar-refractivity contribution is -0.745. The van der Waals surface area contributed by atoms with Crippen molar-refractivity contribution in [3.63, 3.8) is 0 Å². The Bertz CT molecular complexity index is 1970. The zero-order chi connectivity index (χ0) is 40.7. The molecule has 18 heteroatoms. The van der Waals surface area contributed by atoms with Crippen molar-refractivity contribution in [2.24, 2.45) is 0 Å². The van der Waals surface area contributed by atoms with E-state index in [1.165, 1.54) is 36.8 Å². The van der Waals surface area contributed by atoms with Gasteiger partial charge < -0.3 is 5.32 Å². The number of hydrogen-bond acceptors (Lipinski definition) is 1. The average molecular weight is 806 g/mol. The van der Waals surface area contributed by atoms with Crippen molar-refractivity contribution >= 4 is 23.1 Å². The van der Waals surface area contributed by atoms with Crippen LogP contribution in [-0.4, -0.2) is 18.8 Å². The van der Waals surface area contributed by atoms with Gasteiger partial charge in [0.2, 0.25) is 0 Å². The zero-order valence-corrected chi connectivity index (χ0v) is 28.4. The van der Waals surface area contributed by atoms with Crippen LogP contribution in [0.15, 0.2) is 60.7 Å². The smallest absolute Gasteiger partial charge is 0.200 e. The number of quaternary nitrogens is 1. The number of hydrogen-bond donors (Lipinski definition) is 2.